The van der Waals surface area contributed by atoms with Gasteiger partial charge in [-0.2, -0.15) is 5.26 Å². The number of aromatic nitrogens is 1. The van der Waals surface area contributed by atoms with Crippen LogP contribution < -0.4 is 4.74 Å². The zero-order valence-electron chi connectivity index (χ0n) is 8.34. The van der Waals surface area contributed by atoms with Crippen LogP contribution in [-0.2, 0) is 0 Å². The van der Waals surface area contributed by atoms with Gasteiger partial charge in [0.05, 0.1) is 17.1 Å². The molecule has 0 aliphatic carbocycles. The van der Waals surface area contributed by atoms with Gasteiger partial charge in [-0.25, -0.2) is 4.98 Å². The quantitative estimate of drug-likeness (QED) is 0.816. The van der Waals surface area contributed by atoms with E-state index in [1.54, 1.807) is 13.2 Å². The van der Waals surface area contributed by atoms with Gasteiger partial charge >= 0.3 is 0 Å². The second-order valence-electron chi connectivity index (χ2n) is 3.18. The molecule has 0 aliphatic rings. The molecule has 0 unspecified atom stereocenters. The largest absolute Gasteiger partial charge is 0.480 e. The van der Waals surface area contributed by atoms with Crippen molar-refractivity contribution in [3.8, 4) is 11.9 Å². The highest BCUT2D eigenvalue weighted by Crippen LogP contribution is 2.28. The maximum absolute atomic E-state index is 8.88. The summed E-state index contributed by atoms with van der Waals surface area (Å²) in [6.07, 6.45) is 0. The van der Waals surface area contributed by atoms with Crippen molar-refractivity contribution in [2.24, 2.45) is 0 Å². The van der Waals surface area contributed by atoms with Crippen molar-refractivity contribution in [2.75, 3.05) is 7.11 Å². The molecule has 0 saturated heterocycles. The Labute approximate surface area is 91.8 Å². The molecule has 74 valence electrons. The molecule has 1 rings (SSSR count). The molecule has 0 spiro atoms. The van der Waals surface area contributed by atoms with Crippen molar-refractivity contribution in [1.29, 1.82) is 5.26 Å². The van der Waals surface area contributed by atoms with E-state index in [4.69, 9.17) is 10.00 Å². The van der Waals surface area contributed by atoms with Crippen LogP contribution in [0.15, 0.2) is 10.5 Å². The summed E-state index contributed by atoms with van der Waals surface area (Å²) in [4.78, 5) is 4.28. The van der Waals surface area contributed by atoms with Gasteiger partial charge in [-0.1, -0.05) is 13.8 Å². The van der Waals surface area contributed by atoms with Crippen molar-refractivity contribution in [3.63, 3.8) is 0 Å². The van der Waals surface area contributed by atoms with Crippen LogP contribution in [-0.4, -0.2) is 12.1 Å². The maximum Gasteiger partial charge on any atom is 0.229 e. The Hall–Kier alpha value is -1.08. The van der Waals surface area contributed by atoms with Crippen LogP contribution in [0.2, 0.25) is 0 Å². The Morgan fingerprint density at radius 1 is 1.57 bits per heavy atom. The molecule has 1 heterocycles. The first-order valence-electron chi connectivity index (χ1n) is 4.24. The average Bonchev–Trinajstić information content (AvgIpc) is 2.17. The SMILES string of the molecule is COc1nc(C(C)C)cc(C#N)c1Br. The average molecular weight is 255 g/mol. The molecule has 3 nitrogen and oxygen atoms in total. The number of hydrogen-bond donors (Lipinski definition) is 0. The molecule has 0 fully saturated rings. The van der Waals surface area contributed by atoms with E-state index in [1.807, 2.05) is 13.8 Å². The van der Waals surface area contributed by atoms with Crippen LogP contribution in [0.25, 0.3) is 0 Å². The molecule has 1 aromatic rings. The van der Waals surface area contributed by atoms with Crippen LogP contribution in [0, 0.1) is 11.3 Å². The number of nitrogens with zero attached hydrogens (tertiary/aromatic N) is 2. The second-order valence-corrected chi connectivity index (χ2v) is 3.98. The zero-order valence-corrected chi connectivity index (χ0v) is 9.92. The van der Waals surface area contributed by atoms with Crippen LogP contribution in [0.1, 0.15) is 31.0 Å². The van der Waals surface area contributed by atoms with Crippen molar-refractivity contribution in [3.05, 3.63) is 21.8 Å². The fraction of sp³-hybridized carbons (Fsp3) is 0.400. The predicted octanol–water partition coefficient (Wildman–Crippen LogP) is 2.85. The summed E-state index contributed by atoms with van der Waals surface area (Å²) in [5, 5.41) is 8.88. The van der Waals surface area contributed by atoms with Gasteiger partial charge in [-0.05, 0) is 27.9 Å². The van der Waals surface area contributed by atoms with Gasteiger partial charge in [0, 0.05) is 5.69 Å². The van der Waals surface area contributed by atoms with Gasteiger partial charge in [0.2, 0.25) is 5.88 Å². The summed E-state index contributed by atoms with van der Waals surface area (Å²) >= 11 is 3.27. The number of ether oxygens (including phenoxy) is 1. The first-order chi connectivity index (χ1) is 6.60. The fourth-order valence-electron chi connectivity index (χ4n) is 1.04. The minimum absolute atomic E-state index is 0.282. The Bertz CT molecular complexity index is 382. The Balaban J connectivity index is 3.34. The van der Waals surface area contributed by atoms with E-state index >= 15 is 0 Å². The fourth-order valence-corrected chi connectivity index (χ4v) is 1.49. The van der Waals surface area contributed by atoms with Gasteiger partial charge in [-0.15, -0.1) is 0 Å². The van der Waals surface area contributed by atoms with Gasteiger partial charge in [-0.3, -0.25) is 0 Å². The van der Waals surface area contributed by atoms with Gasteiger partial charge < -0.3 is 4.74 Å². The molecule has 4 heteroatoms. The molecule has 0 aromatic carbocycles. The lowest BCUT2D eigenvalue weighted by atomic mass is 10.1. The van der Waals surface area contributed by atoms with Gasteiger partial charge in [0.15, 0.2) is 0 Å². The lowest BCUT2D eigenvalue weighted by Crippen LogP contribution is -1.99. The number of pyridine rings is 1. The number of nitriles is 1. The van der Waals surface area contributed by atoms with Crippen molar-refractivity contribution in [2.45, 2.75) is 19.8 Å². The molecule has 1 aromatic heterocycles. The first-order valence-corrected chi connectivity index (χ1v) is 5.04. The lowest BCUT2D eigenvalue weighted by Gasteiger charge is -2.09. The predicted molar refractivity (Wildman–Crippen MR) is 57.3 cm³/mol. The van der Waals surface area contributed by atoms with E-state index in [0.717, 1.165) is 5.69 Å². The normalized spacial score (nSPS) is 10.0. The lowest BCUT2D eigenvalue weighted by molar-refractivity contribution is 0.392. The first kappa shape index (κ1) is 11.0. The van der Waals surface area contributed by atoms with Crippen molar-refractivity contribution >= 4 is 15.9 Å². The standard InChI is InChI=1S/C10H11BrN2O/c1-6(2)8-4-7(5-12)9(11)10(13-8)14-3/h4,6H,1-3H3. The summed E-state index contributed by atoms with van der Waals surface area (Å²) in [6, 6.07) is 3.87. The summed E-state index contributed by atoms with van der Waals surface area (Å²) in [6.45, 7) is 4.05. The monoisotopic (exact) mass is 254 g/mol. The van der Waals surface area contributed by atoms with Crippen LogP contribution in [0.4, 0.5) is 0 Å². The molecule has 0 bridgehead atoms. The molecular formula is C10H11BrN2O. The highest BCUT2D eigenvalue weighted by Gasteiger charge is 2.12. The zero-order chi connectivity index (χ0) is 10.7. The Morgan fingerprint density at radius 3 is 2.64 bits per heavy atom. The smallest absolute Gasteiger partial charge is 0.229 e. The molecule has 0 radical (unpaired) electrons. The highest BCUT2D eigenvalue weighted by atomic mass is 79.9. The summed E-state index contributed by atoms with van der Waals surface area (Å²) in [5.41, 5.74) is 1.42. The van der Waals surface area contributed by atoms with Crippen molar-refractivity contribution in [1.82, 2.24) is 4.98 Å². The summed E-state index contributed by atoms with van der Waals surface area (Å²) in [5.74, 6) is 0.747. The Kier molecular flexibility index (Phi) is 3.48. The van der Waals surface area contributed by atoms with Gasteiger partial charge in [0.25, 0.3) is 0 Å². The van der Waals surface area contributed by atoms with E-state index in [1.165, 1.54) is 0 Å². The molecule has 14 heavy (non-hydrogen) atoms. The minimum Gasteiger partial charge on any atom is -0.480 e. The molecular weight excluding hydrogens is 244 g/mol. The van der Waals surface area contributed by atoms with Crippen LogP contribution in [0.3, 0.4) is 0 Å². The van der Waals surface area contributed by atoms with Crippen LogP contribution in [0.5, 0.6) is 5.88 Å². The molecule has 0 amide bonds. The highest BCUT2D eigenvalue weighted by molar-refractivity contribution is 9.10. The second kappa shape index (κ2) is 4.43. The third kappa shape index (κ3) is 2.05. The van der Waals surface area contributed by atoms with Crippen LogP contribution >= 0.6 is 15.9 Å². The summed E-state index contributed by atoms with van der Waals surface area (Å²) < 4.78 is 5.69. The number of methoxy groups -OCH3 is 1. The van der Waals surface area contributed by atoms with E-state index in [2.05, 4.69) is 27.0 Å². The molecule has 0 N–H and O–H groups in total. The third-order valence-electron chi connectivity index (χ3n) is 1.85. The van der Waals surface area contributed by atoms with E-state index in [9.17, 15) is 0 Å². The van der Waals surface area contributed by atoms with Crippen molar-refractivity contribution < 1.29 is 4.74 Å². The topological polar surface area (TPSA) is 45.9 Å². The minimum atomic E-state index is 0.282. The maximum atomic E-state index is 8.88. The number of hydrogen-bond acceptors (Lipinski definition) is 3. The van der Waals surface area contributed by atoms with E-state index in [0.29, 0.717) is 15.9 Å². The number of rotatable bonds is 2. The molecule has 0 aliphatic heterocycles. The molecule has 0 saturated carbocycles. The Morgan fingerprint density at radius 2 is 2.21 bits per heavy atom. The summed E-state index contributed by atoms with van der Waals surface area (Å²) in [7, 11) is 1.54. The van der Waals surface area contributed by atoms with Gasteiger partial charge in [0.1, 0.15) is 6.07 Å². The number of halogens is 1. The van der Waals surface area contributed by atoms with E-state index in [-0.39, 0.29) is 5.92 Å². The van der Waals surface area contributed by atoms with E-state index < -0.39 is 0 Å². The molecule has 0 atom stereocenters. The third-order valence-corrected chi connectivity index (χ3v) is 2.62.